The van der Waals surface area contributed by atoms with Gasteiger partial charge < -0.3 is 9.15 Å². The number of carbonyl (C=O) groups excluding carboxylic acids is 1. The third-order valence-electron chi connectivity index (χ3n) is 4.21. The first-order chi connectivity index (χ1) is 13.4. The lowest BCUT2D eigenvalue weighted by molar-refractivity contribution is 0.104. The van der Waals surface area contributed by atoms with Crippen LogP contribution in [0, 0.1) is 0 Å². The van der Waals surface area contributed by atoms with Gasteiger partial charge >= 0.3 is 0 Å². The van der Waals surface area contributed by atoms with Gasteiger partial charge in [0.05, 0.1) is 5.02 Å². The first-order valence-corrected chi connectivity index (χ1v) is 9.67. The van der Waals surface area contributed by atoms with E-state index in [1.807, 2.05) is 24.3 Å². The van der Waals surface area contributed by atoms with Crippen molar-refractivity contribution in [3.63, 3.8) is 0 Å². The van der Waals surface area contributed by atoms with Crippen molar-refractivity contribution in [1.82, 2.24) is 0 Å². The van der Waals surface area contributed by atoms with Gasteiger partial charge in [-0.2, -0.15) is 0 Å². The quantitative estimate of drug-likeness (QED) is 0.303. The molecule has 0 N–H and O–H groups in total. The third kappa shape index (κ3) is 5.28. The molecule has 0 aliphatic heterocycles. The average Bonchev–Trinajstić information content (AvgIpc) is 3.13. The number of rotatable bonds is 7. The normalized spacial score (nSPS) is 11.3. The SMILES string of the molecule is CC(C)c1ccc(C(=O)/C=C/c2ccc(COc3ccc(Cl)cc3Cl)o2)cc1. The molecule has 0 saturated heterocycles. The van der Waals surface area contributed by atoms with E-state index in [0.717, 1.165) is 0 Å². The van der Waals surface area contributed by atoms with E-state index in [-0.39, 0.29) is 12.4 Å². The van der Waals surface area contributed by atoms with Gasteiger partial charge in [0, 0.05) is 10.6 Å². The minimum Gasteiger partial charge on any atom is -0.484 e. The standard InChI is InChI=1S/C23H20Cl2O3/c1-15(2)16-3-5-17(6-4-16)22(26)11-10-19-8-9-20(28-19)14-27-23-12-7-18(24)13-21(23)25/h3-13,15H,14H2,1-2H3/b11-10+. The lowest BCUT2D eigenvalue weighted by Crippen LogP contribution is -1.95. The maximum absolute atomic E-state index is 12.3. The van der Waals surface area contributed by atoms with Gasteiger partial charge in [-0.3, -0.25) is 4.79 Å². The molecule has 0 fully saturated rings. The Morgan fingerprint density at radius 1 is 1.07 bits per heavy atom. The summed E-state index contributed by atoms with van der Waals surface area (Å²) < 4.78 is 11.3. The van der Waals surface area contributed by atoms with Crippen molar-refractivity contribution in [2.75, 3.05) is 0 Å². The van der Waals surface area contributed by atoms with Crippen molar-refractivity contribution in [3.05, 3.63) is 93.4 Å². The Balaban J connectivity index is 1.59. The molecule has 1 heterocycles. The number of carbonyl (C=O) groups is 1. The number of hydrogen-bond donors (Lipinski definition) is 0. The zero-order valence-electron chi connectivity index (χ0n) is 15.6. The fourth-order valence-corrected chi connectivity index (χ4v) is 3.05. The Morgan fingerprint density at radius 3 is 2.50 bits per heavy atom. The molecule has 0 amide bonds. The molecule has 3 rings (SSSR count). The van der Waals surface area contributed by atoms with Crippen LogP contribution in [-0.4, -0.2) is 5.78 Å². The van der Waals surface area contributed by atoms with Gasteiger partial charge in [0.25, 0.3) is 0 Å². The molecule has 3 aromatic rings. The first kappa shape index (κ1) is 20.2. The van der Waals surface area contributed by atoms with Gasteiger partial charge in [-0.15, -0.1) is 0 Å². The van der Waals surface area contributed by atoms with E-state index in [4.69, 9.17) is 32.4 Å². The molecular formula is C23H20Cl2O3. The number of furan rings is 1. The first-order valence-electron chi connectivity index (χ1n) is 8.91. The van der Waals surface area contributed by atoms with Crippen molar-refractivity contribution >= 4 is 35.1 Å². The summed E-state index contributed by atoms with van der Waals surface area (Å²) in [4.78, 5) is 12.3. The fourth-order valence-electron chi connectivity index (χ4n) is 2.59. The van der Waals surface area contributed by atoms with Crippen LogP contribution in [0.2, 0.25) is 10.0 Å². The second kappa shape index (κ2) is 9.13. The summed E-state index contributed by atoms with van der Waals surface area (Å²) >= 11 is 12.0. The van der Waals surface area contributed by atoms with Gasteiger partial charge in [-0.25, -0.2) is 0 Å². The van der Waals surface area contributed by atoms with E-state index < -0.39 is 0 Å². The summed E-state index contributed by atoms with van der Waals surface area (Å²) in [5.74, 6) is 2.09. The maximum atomic E-state index is 12.3. The summed E-state index contributed by atoms with van der Waals surface area (Å²) in [5.41, 5.74) is 1.85. The molecule has 0 atom stereocenters. The van der Waals surface area contributed by atoms with Gasteiger partial charge in [0.2, 0.25) is 0 Å². The summed E-state index contributed by atoms with van der Waals surface area (Å²) in [5, 5.41) is 0.986. The van der Waals surface area contributed by atoms with Gasteiger partial charge in [0.1, 0.15) is 23.9 Å². The van der Waals surface area contributed by atoms with Crippen LogP contribution >= 0.6 is 23.2 Å². The number of hydrogen-bond acceptors (Lipinski definition) is 3. The van der Waals surface area contributed by atoms with Crippen molar-refractivity contribution in [2.24, 2.45) is 0 Å². The third-order valence-corrected chi connectivity index (χ3v) is 4.74. The zero-order chi connectivity index (χ0) is 20.1. The lowest BCUT2D eigenvalue weighted by Gasteiger charge is -2.06. The van der Waals surface area contributed by atoms with E-state index in [1.54, 1.807) is 36.4 Å². The zero-order valence-corrected chi connectivity index (χ0v) is 17.1. The molecule has 2 aromatic carbocycles. The number of ketones is 1. The predicted molar refractivity (Wildman–Crippen MR) is 113 cm³/mol. The highest BCUT2D eigenvalue weighted by Gasteiger charge is 2.07. The molecule has 1 aromatic heterocycles. The molecule has 144 valence electrons. The van der Waals surface area contributed by atoms with Gasteiger partial charge in [0.15, 0.2) is 5.78 Å². The summed E-state index contributed by atoms with van der Waals surface area (Å²) in [6, 6.07) is 16.3. The van der Waals surface area contributed by atoms with Crippen LogP contribution in [0.15, 0.2) is 65.1 Å². The van der Waals surface area contributed by atoms with Crippen LogP contribution in [-0.2, 0) is 6.61 Å². The molecule has 0 saturated carbocycles. The lowest BCUT2D eigenvalue weighted by atomic mass is 10.0. The van der Waals surface area contributed by atoms with E-state index in [2.05, 4.69) is 13.8 Å². The topological polar surface area (TPSA) is 39.4 Å². The number of benzene rings is 2. The van der Waals surface area contributed by atoms with Crippen molar-refractivity contribution < 1.29 is 13.9 Å². The van der Waals surface area contributed by atoms with E-state index >= 15 is 0 Å². The monoisotopic (exact) mass is 414 g/mol. The highest BCUT2D eigenvalue weighted by atomic mass is 35.5. The largest absolute Gasteiger partial charge is 0.484 e. The highest BCUT2D eigenvalue weighted by Crippen LogP contribution is 2.28. The molecule has 5 heteroatoms. The van der Waals surface area contributed by atoms with Crippen LogP contribution in [0.4, 0.5) is 0 Å². The Kier molecular flexibility index (Phi) is 6.61. The number of allylic oxidation sites excluding steroid dienone is 1. The molecule has 0 bridgehead atoms. The minimum atomic E-state index is -0.0718. The second-order valence-electron chi connectivity index (χ2n) is 6.64. The Morgan fingerprint density at radius 2 is 1.82 bits per heavy atom. The fraction of sp³-hybridized carbons (Fsp3) is 0.174. The molecule has 0 aliphatic carbocycles. The van der Waals surface area contributed by atoms with Crippen LogP contribution in [0.5, 0.6) is 5.75 Å². The Bertz CT molecular complexity index is 985. The van der Waals surface area contributed by atoms with Crippen molar-refractivity contribution in [2.45, 2.75) is 26.4 Å². The van der Waals surface area contributed by atoms with E-state index in [0.29, 0.717) is 38.8 Å². The highest BCUT2D eigenvalue weighted by molar-refractivity contribution is 6.35. The van der Waals surface area contributed by atoms with Crippen molar-refractivity contribution in [1.29, 1.82) is 0 Å². The van der Waals surface area contributed by atoms with Gasteiger partial charge in [-0.05, 0) is 54.0 Å². The van der Waals surface area contributed by atoms with Crippen LogP contribution in [0.1, 0.15) is 47.2 Å². The summed E-state index contributed by atoms with van der Waals surface area (Å²) in [6.07, 6.45) is 3.15. The van der Waals surface area contributed by atoms with Crippen LogP contribution in [0.3, 0.4) is 0 Å². The molecule has 0 spiro atoms. The summed E-state index contributed by atoms with van der Waals surface area (Å²) in [6.45, 7) is 4.46. The Hall–Kier alpha value is -2.49. The maximum Gasteiger partial charge on any atom is 0.185 e. The van der Waals surface area contributed by atoms with Crippen LogP contribution in [0.25, 0.3) is 6.08 Å². The smallest absolute Gasteiger partial charge is 0.185 e. The molecule has 3 nitrogen and oxygen atoms in total. The van der Waals surface area contributed by atoms with Crippen molar-refractivity contribution in [3.8, 4) is 5.75 Å². The van der Waals surface area contributed by atoms with Crippen LogP contribution < -0.4 is 4.74 Å². The minimum absolute atomic E-state index is 0.0718. The molecule has 0 aliphatic rings. The summed E-state index contributed by atoms with van der Waals surface area (Å²) in [7, 11) is 0. The average molecular weight is 415 g/mol. The Labute approximate surface area is 174 Å². The molecule has 0 unspecified atom stereocenters. The number of halogens is 2. The van der Waals surface area contributed by atoms with E-state index in [9.17, 15) is 4.79 Å². The molecule has 28 heavy (non-hydrogen) atoms. The van der Waals surface area contributed by atoms with Gasteiger partial charge in [-0.1, -0.05) is 61.3 Å². The molecular weight excluding hydrogens is 395 g/mol. The predicted octanol–water partition coefficient (Wildman–Crippen LogP) is 7.18. The van der Waals surface area contributed by atoms with E-state index in [1.165, 1.54) is 11.6 Å². The second-order valence-corrected chi connectivity index (χ2v) is 7.49. The molecule has 0 radical (unpaired) electrons. The number of ether oxygens (including phenoxy) is 1.